The molecule has 0 N–H and O–H groups in total. The average Bonchev–Trinajstić information content (AvgIpc) is 2.34. The summed E-state index contributed by atoms with van der Waals surface area (Å²) in [5.41, 5.74) is 1.01. The number of nitrogens with zero attached hydrogens (tertiary/aromatic N) is 1. The maximum atomic E-state index is 12.3. The molecule has 0 radical (unpaired) electrons. The summed E-state index contributed by atoms with van der Waals surface area (Å²) in [4.78, 5) is 11.8. The summed E-state index contributed by atoms with van der Waals surface area (Å²) in [6.45, 7) is 1.76. The van der Waals surface area contributed by atoms with Crippen LogP contribution >= 0.6 is 0 Å². The molecule has 0 aliphatic rings. The van der Waals surface area contributed by atoms with Crippen molar-refractivity contribution in [3.8, 4) is 0 Å². The molecule has 1 aromatic carbocycles. The third-order valence-electron chi connectivity index (χ3n) is 2.95. The second-order valence-corrected chi connectivity index (χ2v) is 6.47. The van der Waals surface area contributed by atoms with Gasteiger partial charge in [0.05, 0.1) is 10.6 Å². The Bertz CT molecular complexity index is 760. The lowest BCUT2D eigenvalue weighted by atomic mass is 10.2. The van der Waals surface area contributed by atoms with Crippen LogP contribution in [0.5, 0.6) is 0 Å². The first-order chi connectivity index (χ1) is 8.90. The number of hydrogen-bond donors (Lipinski definition) is 0. The summed E-state index contributed by atoms with van der Waals surface area (Å²) in [6, 6.07) is 9.85. The number of rotatable bonds is 3. The van der Waals surface area contributed by atoms with Crippen molar-refractivity contribution in [3.63, 3.8) is 0 Å². The van der Waals surface area contributed by atoms with Gasteiger partial charge in [0.2, 0.25) is 0 Å². The number of pyridine rings is 1. The third-order valence-corrected chi connectivity index (χ3v) is 4.80. The highest BCUT2D eigenvalue weighted by Crippen LogP contribution is 2.19. The number of aromatic nitrogens is 1. The first kappa shape index (κ1) is 13.5. The molecule has 0 saturated heterocycles. The van der Waals surface area contributed by atoms with Crippen LogP contribution in [0.25, 0.3) is 0 Å². The van der Waals surface area contributed by atoms with Crippen molar-refractivity contribution < 1.29 is 8.42 Å². The molecule has 0 amide bonds. The van der Waals surface area contributed by atoms with Crippen LogP contribution in [0.1, 0.15) is 11.1 Å². The molecule has 0 bridgehead atoms. The van der Waals surface area contributed by atoms with E-state index < -0.39 is 9.84 Å². The normalized spacial score (nSPS) is 11.5. The zero-order valence-electron chi connectivity index (χ0n) is 10.8. The fourth-order valence-corrected chi connectivity index (χ4v) is 3.50. The van der Waals surface area contributed by atoms with Crippen LogP contribution < -0.4 is 5.56 Å². The molecule has 0 spiro atoms. The number of sulfone groups is 1. The summed E-state index contributed by atoms with van der Waals surface area (Å²) < 4.78 is 26.0. The Morgan fingerprint density at radius 2 is 1.84 bits per heavy atom. The Kier molecular flexibility index (Phi) is 3.57. The van der Waals surface area contributed by atoms with Crippen LogP contribution in [0.4, 0.5) is 0 Å². The Labute approximate surface area is 112 Å². The zero-order chi connectivity index (χ0) is 14.0. The summed E-state index contributed by atoms with van der Waals surface area (Å²) in [7, 11) is -1.79. The molecule has 0 atom stereocenters. The molecule has 5 heteroatoms. The summed E-state index contributed by atoms with van der Waals surface area (Å²) in [5.74, 6) is -0.159. The maximum absolute atomic E-state index is 12.3. The number of hydrogen-bond acceptors (Lipinski definition) is 3. The van der Waals surface area contributed by atoms with Gasteiger partial charge in [-0.1, -0.05) is 18.2 Å². The fourth-order valence-electron chi connectivity index (χ4n) is 1.88. The highest BCUT2D eigenvalue weighted by molar-refractivity contribution is 7.90. The smallest absolute Gasteiger partial charge is 0.250 e. The van der Waals surface area contributed by atoms with Crippen molar-refractivity contribution in [3.05, 3.63) is 64.1 Å². The predicted octanol–water partition coefficient (Wildman–Crippen LogP) is 1.67. The van der Waals surface area contributed by atoms with E-state index >= 15 is 0 Å². The Balaban J connectivity index is 2.39. The van der Waals surface area contributed by atoms with Gasteiger partial charge in [0.25, 0.3) is 5.56 Å². The zero-order valence-corrected chi connectivity index (χ0v) is 11.6. The van der Waals surface area contributed by atoms with Crippen LogP contribution in [0, 0.1) is 6.92 Å². The molecular formula is C14H15NO3S. The lowest BCUT2D eigenvalue weighted by Gasteiger charge is -2.07. The average molecular weight is 277 g/mol. The van der Waals surface area contributed by atoms with Crippen LogP contribution in [0.3, 0.4) is 0 Å². The fraction of sp³-hybridized carbons (Fsp3) is 0.214. The molecule has 2 aromatic rings. The Morgan fingerprint density at radius 1 is 1.16 bits per heavy atom. The summed E-state index contributed by atoms with van der Waals surface area (Å²) in [6.07, 6.45) is 1.57. The molecule has 100 valence electrons. The van der Waals surface area contributed by atoms with E-state index in [2.05, 4.69) is 0 Å². The van der Waals surface area contributed by atoms with E-state index in [4.69, 9.17) is 0 Å². The minimum absolute atomic E-state index is 0.159. The van der Waals surface area contributed by atoms with Crippen molar-refractivity contribution in [2.24, 2.45) is 7.05 Å². The highest BCUT2D eigenvalue weighted by atomic mass is 32.2. The molecule has 0 aliphatic heterocycles. The van der Waals surface area contributed by atoms with E-state index in [0.717, 1.165) is 0 Å². The van der Waals surface area contributed by atoms with Crippen LogP contribution in [0.2, 0.25) is 0 Å². The lowest BCUT2D eigenvalue weighted by molar-refractivity contribution is 0.594. The first-order valence-corrected chi connectivity index (χ1v) is 7.49. The number of benzene rings is 1. The van der Waals surface area contributed by atoms with Gasteiger partial charge in [0.15, 0.2) is 9.84 Å². The van der Waals surface area contributed by atoms with Crippen LogP contribution in [-0.4, -0.2) is 13.0 Å². The van der Waals surface area contributed by atoms with E-state index in [1.54, 1.807) is 50.5 Å². The largest absolute Gasteiger partial charge is 0.319 e. The Morgan fingerprint density at radius 3 is 2.47 bits per heavy atom. The second-order valence-electron chi connectivity index (χ2n) is 4.51. The van der Waals surface area contributed by atoms with E-state index in [0.29, 0.717) is 16.0 Å². The van der Waals surface area contributed by atoms with Crippen LogP contribution in [-0.2, 0) is 22.6 Å². The maximum Gasteiger partial charge on any atom is 0.250 e. The van der Waals surface area contributed by atoms with Crippen molar-refractivity contribution in [2.45, 2.75) is 17.6 Å². The monoisotopic (exact) mass is 277 g/mol. The molecule has 0 fully saturated rings. The van der Waals surface area contributed by atoms with Crippen LogP contribution in [0.15, 0.2) is 52.3 Å². The second kappa shape index (κ2) is 5.01. The topological polar surface area (TPSA) is 56.1 Å². The van der Waals surface area contributed by atoms with Gasteiger partial charge in [-0.05, 0) is 30.2 Å². The van der Waals surface area contributed by atoms with Gasteiger partial charge in [0, 0.05) is 19.3 Å². The Hall–Kier alpha value is -1.88. The molecule has 0 saturated carbocycles. The van der Waals surface area contributed by atoms with Crippen molar-refractivity contribution in [1.29, 1.82) is 0 Å². The van der Waals surface area contributed by atoms with Crippen molar-refractivity contribution in [2.75, 3.05) is 0 Å². The van der Waals surface area contributed by atoms with Gasteiger partial charge in [-0.25, -0.2) is 8.42 Å². The first-order valence-electron chi connectivity index (χ1n) is 5.84. The predicted molar refractivity (Wildman–Crippen MR) is 73.8 cm³/mol. The van der Waals surface area contributed by atoms with E-state index in [-0.39, 0.29) is 11.3 Å². The SMILES string of the molecule is Cc1ccccc1S(=O)(=O)Cc1ccn(C)c(=O)c1. The van der Waals surface area contributed by atoms with E-state index in [1.165, 1.54) is 10.6 Å². The summed E-state index contributed by atoms with van der Waals surface area (Å²) in [5, 5.41) is 0. The van der Waals surface area contributed by atoms with E-state index in [9.17, 15) is 13.2 Å². The molecule has 1 aromatic heterocycles. The van der Waals surface area contributed by atoms with Gasteiger partial charge < -0.3 is 4.57 Å². The molecule has 4 nitrogen and oxygen atoms in total. The third kappa shape index (κ3) is 2.93. The molecule has 1 heterocycles. The van der Waals surface area contributed by atoms with Gasteiger partial charge >= 0.3 is 0 Å². The van der Waals surface area contributed by atoms with Gasteiger partial charge in [0.1, 0.15) is 0 Å². The number of aryl methyl sites for hydroxylation is 2. The van der Waals surface area contributed by atoms with Gasteiger partial charge in [-0.15, -0.1) is 0 Å². The molecule has 0 unspecified atom stereocenters. The quantitative estimate of drug-likeness (QED) is 0.857. The molecular weight excluding hydrogens is 262 g/mol. The minimum atomic E-state index is -3.42. The minimum Gasteiger partial charge on any atom is -0.319 e. The molecule has 0 aliphatic carbocycles. The lowest BCUT2D eigenvalue weighted by Crippen LogP contribution is -2.16. The van der Waals surface area contributed by atoms with Crippen molar-refractivity contribution >= 4 is 9.84 Å². The molecule has 19 heavy (non-hydrogen) atoms. The van der Waals surface area contributed by atoms with E-state index in [1.807, 2.05) is 0 Å². The van der Waals surface area contributed by atoms with Gasteiger partial charge in [-0.3, -0.25) is 4.79 Å². The van der Waals surface area contributed by atoms with Crippen molar-refractivity contribution in [1.82, 2.24) is 4.57 Å². The summed E-state index contributed by atoms with van der Waals surface area (Å²) >= 11 is 0. The molecule has 2 rings (SSSR count). The highest BCUT2D eigenvalue weighted by Gasteiger charge is 2.17. The van der Waals surface area contributed by atoms with Gasteiger partial charge in [-0.2, -0.15) is 0 Å². The standard InChI is InChI=1S/C14H15NO3S/c1-11-5-3-4-6-13(11)19(17,18)10-12-7-8-15(2)14(16)9-12/h3-9H,10H2,1-2H3.